The van der Waals surface area contributed by atoms with Crippen molar-refractivity contribution >= 4 is 56.2 Å². The third-order valence-electron chi connectivity index (χ3n) is 12.2. The second-order valence-corrected chi connectivity index (χ2v) is 16.4. The molecule has 1 heterocycles. The summed E-state index contributed by atoms with van der Waals surface area (Å²) in [5.74, 6) is 8.00. The van der Waals surface area contributed by atoms with Gasteiger partial charge in [0.05, 0.1) is 16.4 Å². The van der Waals surface area contributed by atoms with Crippen LogP contribution in [-0.4, -0.2) is 10.3 Å². The number of hydrogen-bond acceptors (Lipinski definition) is 2. The number of rotatable bonds is 8. The average molecular weight is 749 g/mol. The Hall–Kier alpha value is -6.47. The van der Waals surface area contributed by atoms with Crippen molar-refractivity contribution in [3.8, 4) is 28.7 Å². The van der Waals surface area contributed by atoms with Crippen molar-refractivity contribution in [2.24, 2.45) is 0 Å². The lowest BCUT2D eigenvalue weighted by Gasteiger charge is -2.33. The van der Waals surface area contributed by atoms with Crippen molar-refractivity contribution in [1.29, 1.82) is 0 Å². The molecule has 3 aliphatic carbocycles. The van der Waals surface area contributed by atoms with E-state index in [0.29, 0.717) is 0 Å². The second-order valence-electron chi connectivity index (χ2n) is 15.2. The van der Waals surface area contributed by atoms with E-state index < -0.39 is 5.41 Å². The lowest BCUT2D eigenvalue weighted by Crippen LogP contribution is -2.28. The molecule has 0 saturated heterocycles. The summed E-state index contributed by atoms with van der Waals surface area (Å²) in [6.07, 6.45) is 7.45. The van der Waals surface area contributed by atoms with Gasteiger partial charge in [0.15, 0.2) is 0 Å². The van der Waals surface area contributed by atoms with Crippen LogP contribution in [-0.2, 0) is 5.41 Å². The molecule has 1 atom stereocenters. The van der Waals surface area contributed by atoms with E-state index in [2.05, 4.69) is 204 Å². The number of nitrogens with zero attached hydrogens (tertiary/aromatic N) is 2. The summed E-state index contributed by atoms with van der Waals surface area (Å²) in [6.45, 7) is 2.27. The molecule has 0 N–H and O–H groups in total. The summed E-state index contributed by atoms with van der Waals surface area (Å²) in [4.78, 5) is 3.78. The first kappa shape index (κ1) is 33.8. The first-order chi connectivity index (χ1) is 28.3. The van der Waals surface area contributed by atoms with Crippen LogP contribution < -0.4 is 4.90 Å². The Morgan fingerprint density at radius 3 is 2.19 bits per heavy atom. The van der Waals surface area contributed by atoms with Crippen molar-refractivity contribution in [1.82, 2.24) is 4.57 Å². The van der Waals surface area contributed by atoms with Gasteiger partial charge in [-0.3, -0.25) is 0 Å². The molecular formula is C54H40N2S. The number of para-hydroxylation sites is 3. The summed E-state index contributed by atoms with van der Waals surface area (Å²) in [7, 11) is 0. The van der Waals surface area contributed by atoms with Gasteiger partial charge in [-0.1, -0.05) is 116 Å². The van der Waals surface area contributed by atoms with Gasteiger partial charge in [-0.25, -0.2) is 0 Å². The summed E-state index contributed by atoms with van der Waals surface area (Å²) in [6, 6.07) is 60.9. The number of unbranched alkanes of at least 4 members (excludes halogenated alkanes) is 1. The van der Waals surface area contributed by atoms with Gasteiger partial charge in [0.1, 0.15) is 0 Å². The highest BCUT2D eigenvalue weighted by atomic mass is 32.2. The molecule has 0 bridgehead atoms. The van der Waals surface area contributed by atoms with E-state index in [9.17, 15) is 0 Å². The first-order valence-electron chi connectivity index (χ1n) is 20.1. The van der Waals surface area contributed by atoms with Gasteiger partial charge in [-0.2, -0.15) is 0 Å². The molecule has 2 nitrogen and oxygen atoms in total. The Morgan fingerprint density at radius 2 is 1.32 bits per heavy atom. The van der Waals surface area contributed by atoms with Gasteiger partial charge in [-0.05, 0) is 142 Å². The van der Waals surface area contributed by atoms with Crippen LogP contribution in [0.5, 0.6) is 0 Å². The van der Waals surface area contributed by atoms with E-state index in [1.807, 2.05) is 11.8 Å². The molecule has 0 aliphatic heterocycles. The van der Waals surface area contributed by atoms with E-state index in [0.717, 1.165) is 34.9 Å². The monoisotopic (exact) mass is 748 g/mol. The van der Waals surface area contributed by atoms with E-state index in [1.54, 1.807) is 0 Å². The molecule has 7 aromatic carbocycles. The zero-order chi connectivity index (χ0) is 37.9. The van der Waals surface area contributed by atoms with Crippen LogP contribution in [0.2, 0.25) is 0 Å². The van der Waals surface area contributed by atoms with Crippen LogP contribution in [0.3, 0.4) is 0 Å². The Balaban J connectivity index is 1.15. The maximum atomic E-state index is 3.54. The van der Waals surface area contributed by atoms with Crippen LogP contribution in [0.25, 0.3) is 44.2 Å². The van der Waals surface area contributed by atoms with Gasteiger partial charge in [0.25, 0.3) is 0 Å². The van der Waals surface area contributed by atoms with Crippen molar-refractivity contribution in [2.45, 2.75) is 36.5 Å². The minimum atomic E-state index is -0.452. The van der Waals surface area contributed by atoms with Gasteiger partial charge in [0.2, 0.25) is 0 Å². The van der Waals surface area contributed by atoms with Crippen LogP contribution in [0.1, 0.15) is 48.4 Å². The molecule has 1 spiro atoms. The normalized spacial score (nSPS) is 15.9. The zero-order valence-electron chi connectivity index (χ0n) is 31.9. The molecule has 0 saturated carbocycles. The van der Waals surface area contributed by atoms with E-state index in [1.165, 1.54) is 84.1 Å². The highest BCUT2D eigenvalue weighted by Gasteiger charge is 2.52. The molecule has 0 radical (unpaired) electrons. The minimum Gasteiger partial charge on any atom is -0.310 e. The van der Waals surface area contributed by atoms with Crippen LogP contribution in [0, 0.1) is 11.8 Å². The predicted molar refractivity (Wildman–Crippen MR) is 241 cm³/mol. The van der Waals surface area contributed by atoms with E-state index in [4.69, 9.17) is 0 Å². The van der Waals surface area contributed by atoms with Crippen molar-refractivity contribution in [2.75, 3.05) is 10.7 Å². The van der Waals surface area contributed by atoms with Crippen molar-refractivity contribution in [3.05, 3.63) is 204 Å². The molecule has 8 aromatic rings. The zero-order valence-corrected chi connectivity index (χ0v) is 32.7. The molecule has 1 aromatic heterocycles. The average Bonchev–Trinajstić information content (AvgIpc) is 3.75. The first-order valence-corrected chi connectivity index (χ1v) is 21.1. The Labute approximate surface area is 338 Å². The maximum Gasteiger partial charge on any atom is 0.0698 e. The molecule has 3 heteroatoms. The number of hydrogen-bond donors (Lipinski definition) is 0. The fraction of sp³-hybridized carbons (Fsp3) is 0.111. The quantitative estimate of drug-likeness (QED) is 0.0869. The number of anilines is 3. The summed E-state index contributed by atoms with van der Waals surface area (Å²) < 4.78 is 2.39. The number of aromatic nitrogens is 1. The highest BCUT2D eigenvalue weighted by molar-refractivity contribution is 7.99. The highest BCUT2D eigenvalue weighted by Crippen LogP contribution is 2.64. The van der Waals surface area contributed by atoms with Crippen molar-refractivity contribution < 1.29 is 0 Å². The molecule has 3 aliphatic rings. The smallest absolute Gasteiger partial charge is 0.0698 e. The third kappa shape index (κ3) is 5.14. The molecule has 57 heavy (non-hydrogen) atoms. The standard InChI is InChI=1S/C54H40N2S/c1-2-3-33-57-41-29-31-45-42-21-11-6-12-24-48(42)54(51(45)36-41)49-25-15-13-22-43(49)44-30-27-40(35-50(44)54)55(37-17-7-4-8-18-37)39-28-32-53-47(34-39)46-23-14-16-26-52(46)56(53)38-19-9-5-10-20-38/h4-5,7-11,13-23,25-32,34-36H,2-3,24,33H2,1H3. The fourth-order valence-electron chi connectivity index (χ4n) is 9.76. The number of fused-ring (bicyclic) bond motifs is 12. The number of thioether (sulfide) groups is 1. The van der Waals surface area contributed by atoms with Crippen molar-refractivity contribution in [3.63, 3.8) is 0 Å². The predicted octanol–water partition coefficient (Wildman–Crippen LogP) is 14.2. The van der Waals surface area contributed by atoms with Gasteiger partial charge >= 0.3 is 0 Å². The summed E-state index contributed by atoms with van der Waals surface area (Å²) >= 11 is 1.98. The third-order valence-corrected chi connectivity index (χ3v) is 13.2. The van der Waals surface area contributed by atoms with Gasteiger partial charge < -0.3 is 9.47 Å². The Kier molecular flexibility index (Phi) is 8.09. The van der Waals surface area contributed by atoms with Gasteiger partial charge in [0, 0.05) is 44.8 Å². The van der Waals surface area contributed by atoms with Crippen LogP contribution >= 0.6 is 11.8 Å². The van der Waals surface area contributed by atoms with Crippen LogP contribution in [0.4, 0.5) is 17.1 Å². The Morgan fingerprint density at radius 1 is 0.614 bits per heavy atom. The second kappa shape index (κ2) is 13.6. The summed E-state index contributed by atoms with van der Waals surface area (Å²) in [5.41, 5.74) is 17.2. The van der Waals surface area contributed by atoms with E-state index in [-0.39, 0.29) is 0 Å². The lowest BCUT2D eigenvalue weighted by molar-refractivity contribution is 0.748. The lowest BCUT2D eigenvalue weighted by atomic mass is 9.69. The number of benzene rings is 7. The molecule has 11 rings (SSSR count). The number of allylic oxidation sites excluding steroid dienone is 4. The fourth-order valence-corrected chi connectivity index (χ4v) is 10.8. The molecule has 1 unspecified atom stereocenters. The molecule has 0 fully saturated rings. The largest absolute Gasteiger partial charge is 0.310 e. The summed E-state index contributed by atoms with van der Waals surface area (Å²) in [5, 5.41) is 2.47. The van der Waals surface area contributed by atoms with Gasteiger partial charge in [-0.15, -0.1) is 11.8 Å². The minimum absolute atomic E-state index is 0.452. The SMILES string of the molecule is CCCCSc1ccc2c(c1)C1(C3=C2C=CC#CC3)c2ccccc2-c2ccc(N(c3ccccc3)c3ccc4c(c3)c3ccccc3n4-c3ccccc3)cc21. The molecular weight excluding hydrogens is 709 g/mol. The molecule has 0 amide bonds. The maximum absolute atomic E-state index is 3.54. The van der Waals surface area contributed by atoms with E-state index >= 15 is 0 Å². The topological polar surface area (TPSA) is 8.17 Å². The Bertz CT molecular complexity index is 3010. The van der Waals surface area contributed by atoms with Crippen LogP contribution in [0.15, 0.2) is 186 Å². The molecule has 272 valence electrons.